The van der Waals surface area contributed by atoms with Gasteiger partial charge in [-0.25, -0.2) is 0 Å². The van der Waals surface area contributed by atoms with Gasteiger partial charge in [0.25, 0.3) is 5.91 Å². The van der Waals surface area contributed by atoms with Crippen LogP contribution in [0.4, 0.5) is 0 Å². The van der Waals surface area contributed by atoms with E-state index in [1.807, 2.05) is 11.0 Å². The van der Waals surface area contributed by atoms with E-state index in [4.69, 9.17) is 4.42 Å². The number of ketones is 1. The van der Waals surface area contributed by atoms with Crippen molar-refractivity contribution in [3.8, 4) is 0 Å². The molecule has 1 amide bonds. The molecule has 2 aromatic rings. The van der Waals surface area contributed by atoms with Crippen LogP contribution in [0.5, 0.6) is 0 Å². The highest BCUT2D eigenvalue weighted by Crippen LogP contribution is 2.30. The summed E-state index contributed by atoms with van der Waals surface area (Å²) < 4.78 is 5.48. The molecule has 6 heteroatoms. The van der Waals surface area contributed by atoms with Crippen LogP contribution in [0.15, 0.2) is 22.9 Å². The molecule has 23 heavy (non-hydrogen) atoms. The first-order valence-corrected chi connectivity index (χ1v) is 8.16. The number of nitrogens with one attached hydrogen (secondary N) is 1. The van der Waals surface area contributed by atoms with E-state index >= 15 is 0 Å². The summed E-state index contributed by atoms with van der Waals surface area (Å²) in [5.41, 5.74) is 2.02. The molecule has 1 aliphatic heterocycles. The molecule has 0 aromatic carbocycles. The van der Waals surface area contributed by atoms with E-state index in [1.165, 1.54) is 6.26 Å². The van der Waals surface area contributed by atoms with Crippen molar-refractivity contribution < 1.29 is 14.0 Å². The normalized spacial score (nSPS) is 21.3. The standard InChI is InChI=1S/C17H19N3O3/c21-14-4-1-5-15-16(14)12(10-23-15)17(22)20-8-2-3-11(9-20)13-6-7-18-19-13/h6-7,10-11H,1-5,8-9H2,(H,18,19)/t11-/m0/s1. The Morgan fingerprint density at radius 1 is 1.35 bits per heavy atom. The minimum absolute atomic E-state index is 0.0328. The van der Waals surface area contributed by atoms with Gasteiger partial charge in [-0.05, 0) is 25.3 Å². The number of H-pyrrole nitrogens is 1. The summed E-state index contributed by atoms with van der Waals surface area (Å²) in [6.45, 7) is 1.37. The number of nitrogens with zero attached hydrogens (tertiary/aromatic N) is 2. The summed E-state index contributed by atoms with van der Waals surface area (Å²) in [4.78, 5) is 26.9. The Bertz CT molecular complexity index is 732. The van der Waals surface area contributed by atoms with E-state index in [9.17, 15) is 9.59 Å². The van der Waals surface area contributed by atoms with Gasteiger partial charge in [0.1, 0.15) is 12.0 Å². The summed E-state index contributed by atoms with van der Waals surface area (Å²) in [5.74, 6) is 0.889. The van der Waals surface area contributed by atoms with Crippen LogP contribution >= 0.6 is 0 Å². The summed E-state index contributed by atoms with van der Waals surface area (Å²) >= 11 is 0. The number of aryl methyl sites for hydroxylation is 1. The third-order valence-electron chi connectivity index (χ3n) is 4.85. The van der Waals surface area contributed by atoms with Crippen LogP contribution in [0.25, 0.3) is 0 Å². The fourth-order valence-electron chi connectivity index (χ4n) is 3.66. The van der Waals surface area contributed by atoms with Gasteiger partial charge in [-0.3, -0.25) is 14.7 Å². The molecule has 2 aliphatic rings. The van der Waals surface area contributed by atoms with Crippen LogP contribution in [-0.2, 0) is 6.42 Å². The monoisotopic (exact) mass is 313 g/mol. The highest BCUT2D eigenvalue weighted by atomic mass is 16.3. The third kappa shape index (κ3) is 2.48. The topological polar surface area (TPSA) is 79.2 Å². The largest absolute Gasteiger partial charge is 0.468 e. The van der Waals surface area contributed by atoms with Crippen LogP contribution in [0.1, 0.15) is 63.8 Å². The molecule has 1 atom stereocenters. The lowest BCUT2D eigenvalue weighted by Crippen LogP contribution is -2.39. The SMILES string of the molecule is O=C1CCCc2occ(C(=O)N3CCC[C@H](c4ccn[nH]4)C3)c21. The predicted molar refractivity (Wildman–Crippen MR) is 82.4 cm³/mol. The minimum Gasteiger partial charge on any atom is -0.468 e. The first kappa shape index (κ1) is 14.2. The molecular weight excluding hydrogens is 294 g/mol. The van der Waals surface area contributed by atoms with Gasteiger partial charge in [-0.15, -0.1) is 0 Å². The lowest BCUT2D eigenvalue weighted by atomic mass is 9.92. The molecule has 1 N–H and O–H groups in total. The van der Waals surface area contributed by atoms with Crippen LogP contribution in [-0.4, -0.2) is 39.9 Å². The Hall–Kier alpha value is -2.37. The van der Waals surface area contributed by atoms with Crippen LogP contribution in [0.2, 0.25) is 0 Å². The van der Waals surface area contributed by atoms with E-state index in [-0.39, 0.29) is 17.6 Å². The number of furan rings is 1. The molecule has 2 aromatic heterocycles. The van der Waals surface area contributed by atoms with E-state index in [0.29, 0.717) is 29.9 Å². The fraction of sp³-hybridized carbons (Fsp3) is 0.471. The second kappa shape index (κ2) is 5.68. The zero-order valence-electron chi connectivity index (χ0n) is 12.9. The van der Waals surface area contributed by atoms with Crippen molar-refractivity contribution in [3.05, 3.63) is 41.1 Å². The molecule has 1 fully saturated rings. The van der Waals surface area contributed by atoms with Crippen molar-refractivity contribution in [3.63, 3.8) is 0 Å². The maximum absolute atomic E-state index is 12.9. The quantitative estimate of drug-likeness (QED) is 0.924. The second-order valence-electron chi connectivity index (χ2n) is 6.33. The fourth-order valence-corrected chi connectivity index (χ4v) is 3.66. The Morgan fingerprint density at radius 2 is 2.26 bits per heavy atom. The molecule has 1 saturated heterocycles. The maximum atomic E-state index is 12.9. The van der Waals surface area contributed by atoms with Crippen molar-refractivity contribution in [2.24, 2.45) is 0 Å². The number of hydrogen-bond acceptors (Lipinski definition) is 4. The van der Waals surface area contributed by atoms with Crippen molar-refractivity contribution in [1.82, 2.24) is 15.1 Å². The van der Waals surface area contributed by atoms with Crippen LogP contribution in [0.3, 0.4) is 0 Å². The Morgan fingerprint density at radius 3 is 3.09 bits per heavy atom. The summed E-state index contributed by atoms with van der Waals surface area (Å²) in [6, 6.07) is 1.96. The van der Waals surface area contributed by atoms with E-state index in [0.717, 1.165) is 37.9 Å². The average molecular weight is 313 g/mol. The Kier molecular flexibility index (Phi) is 3.52. The van der Waals surface area contributed by atoms with Gasteiger partial charge in [0.15, 0.2) is 5.78 Å². The van der Waals surface area contributed by atoms with Gasteiger partial charge in [0, 0.05) is 43.7 Å². The number of hydrogen-bond donors (Lipinski definition) is 1. The Balaban J connectivity index is 1.57. The van der Waals surface area contributed by atoms with Crippen molar-refractivity contribution in [2.45, 2.75) is 38.0 Å². The highest BCUT2D eigenvalue weighted by Gasteiger charge is 2.32. The number of piperidine rings is 1. The van der Waals surface area contributed by atoms with Crippen LogP contribution < -0.4 is 0 Å². The number of amides is 1. The lowest BCUT2D eigenvalue weighted by molar-refractivity contribution is 0.0700. The van der Waals surface area contributed by atoms with E-state index in [2.05, 4.69) is 10.2 Å². The molecule has 6 nitrogen and oxygen atoms in total. The number of aromatic nitrogens is 2. The lowest BCUT2D eigenvalue weighted by Gasteiger charge is -2.32. The molecule has 1 aliphatic carbocycles. The molecule has 0 unspecified atom stereocenters. The molecule has 0 bridgehead atoms. The number of carbonyl (C=O) groups excluding carboxylic acids is 2. The Labute approximate surface area is 133 Å². The van der Waals surface area contributed by atoms with Gasteiger partial charge in [-0.2, -0.15) is 5.10 Å². The molecule has 3 heterocycles. The van der Waals surface area contributed by atoms with Gasteiger partial charge in [0.05, 0.1) is 11.1 Å². The zero-order chi connectivity index (χ0) is 15.8. The van der Waals surface area contributed by atoms with Crippen molar-refractivity contribution in [2.75, 3.05) is 13.1 Å². The average Bonchev–Trinajstić information content (AvgIpc) is 3.25. The number of rotatable bonds is 2. The maximum Gasteiger partial charge on any atom is 0.257 e. The minimum atomic E-state index is -0.0885. The summed E-state index contributed by atoms with van der Waals surface area (Å²) in [6.07, 6.45) is 7.24. The molecule has 4 rings (SSSR count). The molecular formula is C17H19N3O3. The van der Waals surface area contributed by atoms with E-state index < -0.39 is 0 Å². The first-order chi connectivity index (χ1) is 11.2. The predicted octanol–water partition coefficient (Wildman–Crippen LogP) is 2.54. The highest BCUT2D eigenvalue weighted by molar-refractivity contribution is 6.09. The van der Waals surface area contributed by atoms with Gasteiger partial charge in [-0.1, -0.05) is 0 Å². The molecule has 0 radical (unpaired) electrons. The zero-order valence-corrected chi connectivity index (χ0v) is 12.9. The van der Waals surface area contributed by atoms with Gasteiger partial charge < -0.3 is 9.32 Å². The number of likely N-dealkylation sites (tertiary alicyclic amines) is 1. The van der Waals surface area contributed by atoms with Gasteiger partial charge in [0.2, 0.25) is 0 Å². The first-order valence-electron chi connectivity index (χ1n) is 8.16. The molecule has 120 valence electrons. The number of aromatic amines is 1. The molecule has 0 spiro atoms. The van der Waals surface area contributed by atoms with Gasteiger partial charge >= 0.3 is 0 Å². The number of Topliss-reactive ketones (excluding diaryl/α,β-unsaturated/α-hetero) is 1. The van der Waals surface area contributed by atoms with Crippen molar-refractivity contribution in [1.29, 1.82) is 0 Å². The van der Waals surface area contributed by atoms with E-state index in [1.54, 1.807) is 6.20 Å². The third-order valence-corrected chi connectivity index (χ3v) is 4.85. The number of carbonyl (C=O) groups is 2. The van der Waals surface area contributed by atoms with Crippen LogP contribution in [0, 0.1) is 0 Å². The number of fused-ring (bicyclic) bond motifs is 1. The second-order valence-corrected chi connectivity index (χ2v) is 6.33. The summed E-state index contributed by atoms with van der Waals surface area (Å²) in [7, 11) is 0. The summed E-state index contributed by atoms with van der Waals surface area (Å²) in [5, 5.41) is 6.99. The molecule has 0 saturated carbocycles. The smallest absolute Gasteiger partial charge is 0.257 e. The van der Waals surface area contributed by atoms with Crippen molar-refractivity contribution >= 4 is 11.7 Å².